The molecule has 1 amide bonds. The van der Waals surface area contributed by atoms with E-state index in [1.54, 1.807) is 0 Å². The maximum atomic E-state index is 12.8. The lowest BCUT2D eigenvalue weighted by atomic mass is 9.96. The summed E-state index contributed by atoms with van der Waals surface area (Å²) in [5, 5.41) is 0. The molecule has 2 aromatic rings. The molecule has 25 heavy (non-hydrogen) atoms. The van der Waals surface area contributed by atoms with Crippen molar-refractivity contribution >= 4 is 11.6 Å². The van der Waals surface area contributed by atoms with E-state index in [0.717, 1.165) is 64.1 Å². The molecule has 0 aliphatic carbocycles. The lowest BCUT2D eigenvalue weighted by molar-refractivity contribution is -0.137. The molecule has 1 fully saturated rings. The summed E-state index contributed by atoms with van der Waals surface area (Å²) in [6.45, 7) is 8.81. The molecule has 0 bridgehead atoms. The molecule has 0 N–H and O–H groups in total. The van der Waals surface area contributed by atoms with E-state index >= 15 is 0 Å². The molecule has 0 atom stereocenters. The molecule has 0 aromatic carbocycles. The zero-order valence-corrected chi connectivity index (χ0v) is 15.5. The number of nitrogens with zero attached hydrogens (tertiary/aromatic N) is 4. The average Bonchev–Trinajstić information content (AvgIpc) is 3.05. The van der Waals surface area contributed by atoms with E-state index in [1.807, 2.05) is 24.4 Å². The summed E-state index contributed by atoms with van der Waals surface area (Å²) in [6, 6.07) is 6.08. The van der Waals surface area contributed by atoms with Crippen LogP contribution in [-0.2, 0) is 11.3 Å². The van der Waals surface area contributed by atoms with Crippen molar-refractivity contribution in [3.05, 3.63) is 36.3 Å². The predicted molar refractivity (Wildman–Crippen MR) is 100 cm³/mol. The summed E-state index contributed by atoms with van der Waals surface area (Å²) in [7, 11) is 0. The zero-order chi connectivity index (χ0) is 17.6. The second-order valence-corrected chi connectivity index (χ2v) is 7.05. The van der Waals surface area contributed by atoms with Crippen molar-refractivity contribution in [3.8, 4) is 0 Å². The number of hydrogen-bond donors (Lipinski definition) is 0. The van der Waals surface area contributed by atoms with Gasteiger partial charge in [-0.1, -0.05) is 32.8 Å². The average molecular weight is 342 g/mol. The topological polar surface area (TPSA) is 40.9 Å². The van der Waals surface area contributed by atoms with Crippen LogP contribution in [0.5, 0.6) is 0 Å². The Balaban J connectivity index is 1.55. The second kappa shape index (κ2) is 8.48. The van der Waals surface area contributed by atoms with Gasteiger partial charge in [-0.05, 0) is 25.0 Å². The smallest absolute Gasteiger partial charge is 0.225 e. The number of piperazine rings is 1. The summed E-state index contributed by atoms with van der Waals surface area (Å²) in [6.07, 6.45) is 8.25. The van der Waals surface area contributed by atoms with Gasteiger partial charge in [0.1, 0.15) is 5.65 Å². The molecule has 1 aliphatic rings. The Bertz CT molecular complexity index is 682. The molecule has 136 valence electrons. The van der Waals surface area contributed by atoms with Gasteiger partial charge in [-0.3, -0.25) is 9.69 Å². The Hall–Kier alpha value is -1.88. The summed E-state index contributed by atoms with van der Waals surface area (Å²) in [5.74, 6) is 0.596. The molecule has 0 spiro atoms. The Labute approximate surface area is 150 Å². The predicted octanol–water partition coefficient (Wildman–Crippen LogP) is 3.19. The number of carbonyl (C=O) groups excluding carboxylic acids is 1. The van der Waals surface area contributed by atoms with Gasteiger partial charge >= 0.3 is 0 Å². The first-order valence-electron chi connectivity index (χ1n) is 9.65. The third kappa shape index (κ3) is 4.21. The minimum Gasteiger partial charge on any atom is -0.340 e. The van der Waals surface area contributed by atoms with Gasteiger partial charge in [0.15, 0.2) is 0 Å². The van der Waals surface area contributed by atoms with Crippen molar-refractivity contribution < 1.29 is 4.79 Å². The maximum absolute atomic E-state index is 12.8. The van der Waals surface area contributed by atoms with Crippen LogP contribution in [0.15, 0.2) is 30.6 Å². The highest BCUT2D eigenvalue weighted by Crippen LogP contribution is 2.19. The summed E-state index contributed by atoms with van der Waals surface area (Å²) in [5.41, 5.74) is 2.21. The summed E-state index contributed by atoms with van der Waals surface area (Å²) < 4.78 is 2.15. The standard InChI is InChI=1S/C20H30N4O/c1-3-7-17(8-4-2)20(25)23-13-11-22(12-14-23)16-18-15-21-19-9-5-6-10-24(18)19/h5-6,9-10,15,17H,3-4,7-8,11-14,16H2,1-2H3. The Morgan fingerprint density at radius 1 is 1.12 bits per heavy atom. The normalized spacial score (nSPS) is 16.0. The Morgan fingerprint density at radius 2 is 1.84 bits per heavy atom. The molecule has 3 rings (SSSR count). The van der Waals surface area contributed by atoms with E-state index in [2.05, 4.69) is 39.2 Å². The van der Waals surface area contributed by atoms with Crippen LogP contribution in [0.2, 0.25) is 0 Å². The number of rotatable bonds is 7. The van der Waals surface area contributed by atoms with Crippen LogP contribution < -0.4 is 0 Å². The third-order valence-corrected chi connectivity index (χ3v) is 5.19. The second-order valence-electron chi connectivity index (χ2n) is 7.05. The fourth-order valence-corrected chi connectivity index (χ4v) is 3.80. The van der Waals surface area contributed by atoms with E-state index in [0.29, 0.717) is 5.91 Å². The number of imidazole rings is 1. The number of hydrogen-bond acceptors (Lipinski definition) is 3. The molecule has 0 saturated carbocycles. The first-order chi connectivity index (χ1) is 12.2. The summed E-state index contributed by atoms with van der Waals surface area (Å²) >= 11 is 0. The molecular weight excluding hydrogens is 312 g/mol. The van der Waals surface area contributed by atoms with Gasteiger partial charge in [0.2, 0.25) is 5.91 Å². The van der Waals surface area contributed by atoms with Crippen molar-refractivity contribution in [1.29, 1.82) is 0 Å². The van der Waals surface area contributed by atoms with E-state index < -0.39 is 0 Å². The van der Waals surface area contributed by atoms with Gasteiger partial charge in [0, 0.05) is 44.8 Å². The van der Waals surface area contributed by atoms with Crippen molar-refractivity contribution in [2.75, 3.05) is 26.2 Å². The van der Waals surface area contributed by atoms with Crippen LogP contribution in [0.25, 0.3) is 5.65 Å². The van der Waals surface area contributed by atoms with E-state index in [1.165, 1.54) is 5.69 Å². The van der Waals surface area contributed by atoms with E-state index in [9.17, 15) is 4.79 Å². The van der Waals surface area contributed by atoms with Gasteiger partial charge in [-0.25, -0.2) is 4.98 Å². The molecule has 5 nitrogen and oxygen atoms in total. The SMILES string of the molecule is CCCC(CCC)C(=O)N1CCN(Cc2cnc3ccccn23)CC1. The minimum absolute atomic E-state index is 0.223. The number of fused-ring (bicyclic) bond motifs is 1. The molecule has 1 saturated heterocycles. The third-order valence-electron chi connectivity index (χ3n) is 5.19. The van der Waals surface area contributed by atoms with E-state index in [4.69, 9.17) is 0 Å². The highest BCUT2D eigenvalue weighted by molar-refractivity contribution is 5.78. The fraction of sp³-hybridized carbons (Fsp3) is 0.600. The quantitative estimate of drug-likeness (QED) is 0.776. The van der Waals surface area contributed by atoms with Crippen molar-refractivity contribution in [2.45, 2.75) is 46.1 Å². The number of carbonyl (C=O) groups is 1. The fourth-order valence-electron chi connectivity index (χ4n) is 3.80. The molecule has 3 heterocycles. The molecule has 5 heteroatoms. The zero-order valence-electron chi connectivity index (χ0n) is 15.5. The van der Waals surface area contributed by atoms with Crippen LogP contribution in [-0.4, -0.2) is 51.3 Å². The molecule has 2 aromatic heterocycles. The van der Waals surface area contributed by atoms with Crippen LogP contribution in [0.3, 0.4) is 0 Å². The van der Waals surface area contributed by atoms with Gasteiger partial charge in [0.05, 0.1) is 11.9 Å². The Morgan fingerprint density at radius 3 is 2.52 bits per heavy atom. The van der Waals surface area contributed by atoms with Gasteiger partial charge in [0.25, 0.3) is 0 Å². The molecule has 1 aliphatic heterocycles. The van der Waals surface area contributed by atoms with Crippen molar-refractivity contribution in [1.82, 2.24) is 19.2 Å². The van der Waals surface area contributed by atoms with Crippen LogP contribution in [0.1, 0.15) is 45.2 Å². The number of pyridine rings is 1. The molecule has 0 radical (unpaired) electrons. The largest absolute Gasteiger partial charge is 0.340 e. The lowest BCUT2D eigenvalue weighted by Gasteiger charge is -2.36. The lowest BCUT2D eigenvalue weighted by Crippen LogP contribution is -2.50. The van der Waals surface area contributed by atoms with Crippen molar-refractivity contribution in [3.63, 3.8) is 0 Å². The number of aromatic nitrogens is 2. The van der Waals surface area contributed by atoms with Gasteiger partial charge in [-0.2, -0.15) is 0 Å². The van der Waals surface area contributed by atoms with E-state index in [-0.39, 0.29) is 5.92 Å². The molecular formula is C20H30N4O. The van der Waals surface area contributed by atoms with Crippen LogP contribution in [0.4, 0.5) is 0 Å². The molecule has 0 unspecified atom stereocenters. The highest BCUT2D eigenvalue weighted by Gasteiger charge is 2.26. The van der Waals surface area contributed by atoms with Crippen LogP contribution >= 0.6 is 0 Å². The van der Waals surface area contributed by atoms with Crippen LogP contribution in [0, 0.1) is 5.92 Å². The highest BCUT2D eigenvalue weighted by atomic mass is 16.2. The maximum Gasteiger partial charge on any atom is 0.225 e. The first kappa shape index (κ1) is 17.9. The monoisotopic (exact) mass is 342 g/mol. The van der Waals surface area contributed by atoms with Crippen molar-refractivity contribution in [2.24, 2.45) is 5.92 Å². The van der Waals surface area contributed by atoms with Gasteiger partial charge < -0.3 is 9.30 Å². The minimum atomic E-state index is 0.223. The summed E-state index contributed by atoms with van der Waals surface area (Å²) in [4.78, 5) is 21.7. The Kier molecular flexibility index (Phi) is 6.08. The van der Waals surface area contributed by atoms with Gasteiger partial charge in [-0.15, -0.1) is 0 Å². The number of amides is 1. The first-order valence-corrected chi connectivity index (χ1v) is 9.65.